The molecular weight excluding hydrogens is 278 g/mol. The standard InChI is InChI=1S/C18H19NO3/c1-3-14(13-9-5-4-6-10-13)17(20)19-16-12(2)8-7-11-15(16)18(21)22/h4-11,14H,3H2,1-2H3,(H,19,20)(H,21,22). The van der Waals surface area contributed by atoms with Crippen molar-refractivity contribution >= 4 is 17.6 Å². The molecule has 0 aromatic heterocycles. The lowest BCUT2D eigenvalue weighted by Crippen LogP contribution is -2.22. The Morgan fingerprint density at radius 2 is 1.77 bits per heavy atom. The third kappa shape index (κ3) is 3.34. The Morgan fingerprint density at radius 3 is 2.36 bits per heavy atom. The number of amides is 1. The van der Waals surface area contributed by atoms with Gasteiger partial charge in [0.15, 0.2) is 0 Å². The van der Waals surface area contributed by atoms with Crippen LogP contribution in [0.3, 0.4) is 0 Å². The summed E-state index contributed by atoms with van der Waals surface area (Å²) in [5.74, 6) is -1.54. The van der Waals surface area contributed by atoms with E-state index in [0.717, 1.165) is 11.1 Å². The summed E-state index contributed by atoms with van der Waals surface area (Å²) in [6.07, 6.45) is 0.643. The molecule has 0 bridgehead atoms. The van der Waals surface area contributed by atoms with Crippen LogP contribution in [-0.4, -0.2) is 17.0 Å². The summed E-state index contributed by atoms with van der Waals surface area (Å²) in [6.45, 7) is 3.72. The number of carbonyl (C=O) groups is 2. The average molecular weight is 297 g/mol. The minimum Gasteiger partial charge on any atom is -0.478 e. The number of aromatic carboxylic acids is 1. The van der Waals surface area contributed by atoms with Crippen molar-refractivity contribution in [3.8, 4) is 0 Å². The van der Waals surface area contributed by atoms with Gasteiger partial charge in [-0.15, -0.1) is 0 Å². The summed E-state index contributed by atoms with van der Waals surface area (Å²) in [5.41, 5.74) is 2.13. The number of carboxylic acid groups (broad SMARTS) is 1. The molecule has 0 aliphatic rings. The molecule has 114 valence electrons. The summed E-state index contributed by atoms with van der Waals surface area (Å²) in [5, 5.41) is 12.1. The van der Waals surface area contributed by atoms with Crippen molar-refractivity contribution in [3.05, 3.63) is 65.2 Å². The van der Waals surface area contributed by atoms with Crippen LogP contribution in [-0.2, 0) is 4.79 Å². The van der Waals surface area contributed by atoms with E-state index in [4.69, 9.17) is 0 Å². The Labute approximate surface area is 129 Å². The van der Waals surface area contributed by atoms with Crippen LogP contribution in [0, 0.1) is 6.92 Å². The highest BCUT2D eigenvalue weighted by atomic mass is 16.4. The van der Waals surface area contributed by atoms with Gasteiger partial charge in [-0.05, 0) is 30.5 Å². The van der Waals surface area contributed by atoms with Gasteiger partial charge in [-0.1, -0.05) is 49.4 Å². The van der Waals surface area contributed by atoms with Gasteiger partial charge in [-0.2, -0.15) is 0 Å². The maximum absolute atomic E-state index is 12.6. The molecule has 0 aliphatic carbocycles. The number of aryl methyl sites for hydroxylation is 1. The molecule has 0 saturated heterocycles. The van der Waals surface area contributed by atoms with E-state index < -0.39 is 5.97 Å². The van der Waals surface area contributed by atoms with Crippen molar-refractivity contribution in [2.75, 3.05) is 5.32 Å². The average Bonchev–Trinajstić information content (AvgIpc) is 2.51. The van der Waals surface area contributed by atoms with Gasteiger partial charge in [0.1, 0.15) is 0 Å². The van der Waals surface area contributed by atoms with Crippen molar-refractivity contribution in [3.63, 3.8) is 0 Å². The Hall–Kier alpha value is -2.62. The molecule has 0 saturated carbocycles. The molecule has 2 aromatic rings. The second kappa shape index (κ2) is 6.89. The SMILES string of the molecule is CCC(C(=O)Nc1c(C)cccc1C(=O)O)c1ccccc1. The molecule has 1 unspecified atom stereocenters. The second-order valence-electron chi connectivity index (χ2n) is 5.16. The second-order valence-corrected chi connectivity index (χ2v) is 5.16. The number of benzene rings is 2. The first kappa shape index (κ1) is 15.8. The molecule has 22 heavy (non-hydrogen) atoms. The van der Waals surface area contributed by atoms with Crippen molar-refractivity contribution < 1.29 is 14.7 Å². The zero-order chi connectivity index (χ0) is 16.1. The van der Waals surface area contributed by atoms with Crippen LogP contribution in [0.1, 0.15) is 40.7 Å². The van der Waals surface area contributed by atoms with Crippen LogP contribution in [0.5, 0.6) is 0 Å². The van der Waals surface area contributed by atoms with Crippen LogP contribution >= 0.6 is 0 Å². The fraction of sp³-hybridized carbons (Fsp3) is 0.222. The number of hydrogen-bond donors (Lipinski definition) is 2. The number of nitrogens with one attached hydrogen (secondary N) is 1. The fourth-order valence-electron chi connectivity index (χ4n) is 2.48. The molecule has 0 fully saturated rings. The summed E-state index contributed by atoms with van der Waals surface area (Å²) < 4.78 is 0. The number of carbonyl (C=O) groups excluding carboxylic acids is 1. The lowest BCUT2D eigenvalue weighted by Gasteiger charge is -2.17. The van der Waals surface area contributed by atoms with Crippen LogP contribution in [0.15, 0.2) is 48.5 Å². The van der Waals surface area contributed by atoms with Gasteiger partial charge >= 0.3 is 5.97 Å². The Kier molecular flexibility index (Phi) is 4.94. The smallest absolute Gasteiger partial charge is 0.337 e. The first-order valence-electron chi connectivity index (χ1n) is 7.23. The van der Waals surface area contributed by atoms with E-state index in [0.29, 0.717) is 12.1 Å². The normalized spacial score (nSPS) is 11.7. The predicted molar refractivity (Wildman–Crippen MR) is 86.2 cm³/mol. The summed E-state index contributed by atoms with van der Waals surface area (Å²) in [6, 6.07) is 14.4. The lowest BCUT2D eigenvalue weighted by atomic mass is 9.95. The third-order valence-corrected chi connectivity index (χ3v) is 3.68. The highest BCUT2D eigenvalue weighted by molar-refractivity contribution is 6.03. The molecule has 1 atom stereocenters. The van der Waals surface area contributed by atoms with E-state index in [9.17, 15) is 14.7 Å². The van der Waals surface area contributed by atoms with Gasteiger partial charge in [0.25, 0.3) is 0 Å². The van der Waals surface area contributed by atoms with Crippen LogP contribution < -0.4 is 5.32 Å². The maximum atomic E-state index is 12.6. The van der Waals surface area contributed by atoms with Crippen LogP contribution in [0.4, 0.5) is 5.69 Å². The minimum atomic E-state index is -1.05. The summed E-state index contributed by atoms with van der Waals surface area (Å²) in [7, 11) is 0. The first-order valence-corrected chi connectivity index (χ1v) is 7.23. The maximum Gasteiger partial charge on any atom is 0.337 e. The molecular formula is C18H19NO3. The number of anilines is 1. The molecule has 4 heteroatoms. The van der Waals surface area contributed by atoms with Crippen molar-refractivity contribution in [2.45, 2.75) is 26.2 Å². The molecule has 0 radical (unpaired) electrons. The van der Waals surface area contributed by atoms with Crippen LogP contribution in [0.25, 0.3) is 0 Å². The van der Waals surface area contributed by atoms with Crippen molar-refractivity contribution in [1.82, 2.24) is 0 Å². The highest BCUT2D eigenvalue weighted by Gasteiger charge is 2.21. The van der Waals surface area contributed by atoms with Gasteiger partial charge in [0.2, 0.25) is 5.91 Å². The van der Waals surface area contributed by atoms with Gasteiger partial charge < -0.3 is 10.4 Å². The van der Waals surface area contributed by atoms with Gasteiger partial charge in [-0.25, -0.2) is 4.79 Å². The largest absolute Gasteiger partial charge is 0.478 e. The Morgan fingerprint density at radius 1 is 1.09 bits per heavy atom. The third-order valence-electron chi connectivity index (χ3n) is 3.68. The zero-order valence-corrected chi connectivity index (χ0v) is 12.7. The van der Waals surface area contributed by atoms with Gasteiger partial charge in [-0.3, -0.25) is 4.79 Å². The number of hydrogen-bond acceptors (Lipinski definition) is 2. The van der Waals surface area contributed by atoms with E-state index in [2.05, 4.69) is 5.32 Å². The van der Waals surface area contributed by atoms with E-state index >= 15 is 0 Å². The highest BCUT2D eigenvalue weighted by Crippen LogP contribution is 2.25. The molecule has 2 N–H and O–H groups in total. The molecule has 2 rings (SSSR count). The van der Waals surface area contributed by atoms with E-state index in [1.54, 1.807) is 19.1 Å². The molecule has 1 amide bonds. The van der Waals surface area contributed by atoms with Gasteiger partial charge in [0, 0.05) is 0 Å². The first-order chi connectivity index (χ1) is 10.5. The van der Waals surface area contributed by atoms with Crippen molar-refractivity contribution in [1.29, 1.82) is 0 Å². The number of rotatable bonds is 5. The lowest BCUT2D eigenvalue weighted by molar-refractivity contribution is -0.117. The van der Waals surface area contributed by atoms with E-state index in [-0.39, 0.29) is 17.4 Å². The molecule has 2 aromatic carbocycles. The predicted octanol–water partition coefficient (Wildman–Crippen LogP) is 3.83. The number of carboxylic acids is 1. The van der Waals surface area contributed by atoms with E-state index in [1.807, 2.05) is 37.3 Å². The zero-order valence-electron chi connectivity index (χ0n) is 12.7. The summed E-state index contributed by atoms with van der Waals surface area (Å²) in [4.78, 5) is 23.9. The molecule has 0 heterocycles. The number of para-hydroxylation sites is 1. The summed E-state index contributed by atoms with van der Waals surface area (Å²) >= 11 is 0. The van der Waals surface area contributed by atoms with Crippen molar-refractivity contribution in [2.24, 2.45) is 0 Å². The Bertz CT molecular complexity index is 680. The molecule has 0 spiro atoms. The quantitative estimate of drug-likeness (QED) is 0.881. The Balaban J connectivity index is 2.30. The monoisotopic (exact) mass is 297 g/mol. The van der Waals surface area contributed by atoms with Crippen LogP contribution in [0.2, 0.25) is 0 Å². The molecule has 4 nitrogen and oxygen atoms in total. The fourth-order valence-corrected chi connectivity index (χ4v) is 2.48. The topological polar surface area (TPSA) is 66.4 Å². The van der Waals surface area contributed by atoms with E-state index in [1.165, 1.54) is 6.07 Å². The molecule has 0 aliphatic heterocycles. The van der Waals surface area contributed by atoms with Gasteiger partial charge in [0.05, 0.1) is 17.2 Å². The minimum absolute atomic E-state index is 0.108.